The Morgan fingerprint density at radius 2 is 1.57 bits per heavy atom. The number of hydrogen-bond acceptors (Lipinski definition) is 5. The van der Waals surface area contributed by atoms with Crippen LogP contribution in [0.5, 0.6) is 0 Å². The lowest BCUT2D eigenvalue weighted by molar-refractivity contribution is -0.132. The smallest absolute Gasteiger partial charge is 0.358 e. The molecule has 0 aliphatic carbocycles. The molecule has 0 fully saturated rings. The number of aliphatic carboxylic acids is 1. The fourth-order valence-electron chi connectivity index (χ4n) is 3.26. The fourth-order valence-corrected chi connectivity index (χ4v) is 4.19. The van der Waals surface area contributed by atoms with Gasteiger partial charge in [0.15, 0.2) is 5.69 Å². The maximum absolute atomic E-state index is 11.2. The van der Waals surface area contributed by atoms with Crippen LogP contribution in [0.15, 0.2) is 60.4 Å². The summed E-state index contributed by atoms with van der Waals surface area (Å²) >= 11 is 23.7. The Kier molecular flexibility index (Phi) is 9.46. The molecule has 184 valence electrons. The van der Waals surface area contributed by atoms with Crippen molar-refractivity contribution in [2.75, 3.05) is 13.7 Å². The minimum Gasteiger partial charge on any atom is -0.478 e. The van der Waals surface area contributed by atoms with E-state index in [0.717, 1.165) is 11.1 Å². The Hall–Kier alpha value is -2.71. The quantitative estimate of drug-likeness (QED) is 0.364. The number of hydrogen-bond donors (Lipinski definition) is 1. The first-order valence-corrected chi connectivity index (χ1v) is 11.8. The minimum absolute atomic E-state index is 0.266. The fraction of sp³-hybridized carbons (Fsp3) is 0.208. The van der Waals surface area contributed by atoms with E-state index in [1.165, 1.54) is 7.11 Å². The number of aromatic nitrogens is 2. The molecule has 1 aliphatic heterocycles. The molecular weight excluding hydrogens is 536 g/mol. The van der Waals surface area contributed by atoms with Gasteiger partial charge < -0.3 is 14.7 Å². The highest BCUT2D eigenvalue weighted by molar-refractivity contribution is 6.35. The summed E-state index contributed by atoms with van der Waals surface area (Å²) in [6.07, 6.45) is 3.94. The number of carbonyl (C=O) groups is 2. The van der Waals surface area contributed by atoms with Gasteiger partial charge >= 0.3 is 11.9 Å². The summed E-state index contributed by atoms with van der Waals surface area (Å²) in [5.41, 5.74) is 2.53. The van der Waals surface area contributed by atoms with Crippen molar-refractivity contribution in [3.63, 3.8) is 0 Å². The second-order valence-corrected chi connectivity index (χ2v) is 9.23. The molecule has 2 aromatic carbocycles. The number of methoxy groups -OCH3 is 1. The van der Waals surface area contributed by atoms with Crippen LogP contribution in [0.25, 0.3) is 0 Å². The second-order valence-electron chi connectivity index (χ2n) is 7.54. The van der Waals surface area contributed by atoms with Crippen LogP contribution in [0.2, 0.25) is 20.1 Å². The van der Waals surface area contributed by atoms with Crippen molar-refractivity contribution in [1.29, 1.82) is 0 Å². The third-order valence-corrected chi connectivity index (χ3v) is 6.23. The molecule has 0 atom stereocenters. The van der Waals surface area contributed by atoms with E-state index in [1.807, 2.05) is 17.0 Å². The lowest BCUT2D eigenvalue weighted by atomic mass is 10.2. The molecule has 0 amide bonds. The molecule has 0 radical (unpaired) electrons. The van der Waals surface area contributed by atoms with E-state index in [4.69, 9.17) is 51.5 Å². The van der Waals surface area contributed by atoms with Crippen molar-refractivity contribution in [3.8, 4) is 0 Å². The standard InChI is InChI=1S/C12H10Cl2N2O2.C12H11Cl2NO2/c1-18-12(17)11-4-5-16(15-11)7-8-2-3-9(13)6-10(8)14;13-10-2-1-8(11(14)5-10)6-15-4-3-9(7-15)12(16)17/h2-6H,7H2,1H3;1-2,5,7H,3-4,6H2,(H,16,17). The number of carboxylic acids is 1. The highest BCUT2D eigenvalue weighted by Crippen LogP contribution is 2.25. The molecule has 0 unspecified atom stereocenters. The van der Waals surface area contributed by atoms with Crippen LogP contribution in [0.1, 0.15) is 28.0 Å². The molecule has 3 aromatic rings. The summed E-state index contributed by atoms with van der Waals surface area (Å²) in [6.45, 7) is 1.78. The van der Waals surface area contributed by atoms with Crippen molar-refractivity contribution >= 4 is 58.3 Å². The lowest BCUT2D eigenvalue weighted by Gasteiger charge is -2.16. The first-order chi connectivity index (χ1) is 16.7. The van der Waals surface area contributed by atoms with Crippen LogP contribution >= 0.6 is 46.4 Å². The van der Waals surface area contributed by atoms with Crippen molar-refractivity contribution in [2.24, 2.45) is 0 Å². The van der Waals surface area contributed by atoms with Gasteiger partial charge in [0.05, 0.1) is 19.2 Å². The van der Waals surface area contributed by atoms with Gasteiger partial charge in [-0.2, -0.15) is 5.10 Å². The zero-order valence-corrected chi connectivity index (χ0v) is 21.6. The summed E-state index contributed by atoms with van der Waals surface area (Å²) in [7, 11) is 1.32. The van der Waals surface area contributed by atoms with E-state index in [0.29, 0.717) is 51.7 Å². The zero-order valence-electron chi connectivity index (χ0n) is 18.6. The van der Waals surface area contributed by atoms with Gasteiger partial charge in [-0.05, 0) is 47.9 Å². The monoisotopic (exact) mass is 555 g/mol. The molecular formula is C24H21Cl4N3O4. The van der Waals surface area contributed by atoms with Crippen molar-refractivity contribution in [1.82, 2.24) is 14.7 Å². The number of nitrogens with zero attached hydrogens (tertiary/aromatic N) is 3. The van der Waals surface area contributed by atoms with Crippen molar-refractivity contribution in [2.45, 2.75) is 19.5 Å². The van der Waals surface area contributed by atoms with Gasteiger partial charge in [0, 0.05) is 45.6 Å². The van der Waals surface area contributed by atoms with Crippen LogP contribution in [0.4, 0.5) is 0 Å². The third-order valence-electron chi connectivity index (χ3n) is 5.05. The molecule has 11 heteroatoms. The average Bonchev–Trinajstić information content (AvgIpc) is 3.47. The largest absolute Gasteiger partial charge is 0.478 e. The van der Waals surface area contributed by atoms with Crippen molar-refractivity contribution in [3.05, 3.63) is 97.3 Å². The lowest BCUT2D eigenvalue weighted by Crippen LogP contribution is -2.13. The van der Waals surface area contributed by atoms with Crippen LogP contribution in [0.3, 0.4) is 0 Å². The van der Waals surface area contributed by atoms with Gasteiger partial charge in [0.25, 0.3) is 0 Å². The van der Waals surface area contributed by atoms with Crippen LogP contribution < -0.4 is 0 Å². The Bertz CT molecular complexity index is 1260. The summed E-state index contributed by atoms with van der Waals surface area (Å²) in [5, 5.41) is 15.3. The van der Waals surface area contributed by atoms with Crippen LogP contribution in [-0.2, 0) is 22.6 Å². The van der Waals surface area contributed by atoms with E-state index in [-0.39, 0.29) is 5.69 Å². The number of halogens is 4. The Morgan fingerprint density at radius 3 is 2.09 bits per heavy atom. The van der Waals surface area contributed by atoms with Crippen LogP contribution in [-0.4, -0.2) is 45.4 Å². The Morgan fingerprint density at radius 1 is 0.971 bits per heavy atom. The van der Waals surface area contributed by atoms with Crippen LogP contribution in [0, 0.1) is 0 Å². The molecule has 0 spiro atoms. The average molecular weight is 557 g/mol. The molecule has 4 rings (SSSR count). The van der Waals surface area contributed by atoms with Gasteiger partial charge in [-0.25, -0.2) is 9.59 Å². The molecule has 7 nitrogen and oxygen atoms in total. The summed E-state index contributed by atoms with van der Waals surface area (Å²) in [4.78, 5) is 24.0. The molecule has 1 N–H and O–H groups in total. The normalized spacial score (nSPS) is 12.6. The number of carboxylic acid groups (broad SMARTS) is 1. The van der Waals surface area contributed by atoms with E-state index in [2.05, 4.69) is 9.84 Å². The predicted octanol–water partition coefficient (Wildman–Crippen LogP) is 6.19. The molecule has 1 aromatic heterocycles. The Balaban J connectivity index is 0.000000196. The third kappa shape index (κ3) is 7.64. The highest BCUT2D eigenvalue weighted by Gasteiger charge is 2.18. The first-order valence-electron chi connectivity index (χ1n) is 10.3. The topological polar surface area (TPSA) is 84.7 Å². The molecule has 35 heavy (non-hydrogen) atoms. The van der Waals surface area contributed by atoms with E-state index >= 15 is 0 Å². The number of benzene rings is 2. The maximum Gasteiger partial charge on any atom is 0.358 e. The van der Waals surface area contributed by atoms with E-state index in [1.54, 1.807) is 47.4 Å². The van der Waals surface area contributed by atoms with E-state index < -0.39 is 11.9 Å². The number of ether oxygens (including phenoxy) is 1. The SMILES string of the molecule is COC(=O)c1ccn(Cc2ccc(Cl)cc2Cl)n1.O=C(O)C1=CN(Cc2ccc(Cl)cc2Cl)CC1. The second kappa shape index (κ2) is 12.3. The number of rotatable bonds is 6. The summed E-state index contributed by atoms with van der Waals surface area (Å²) < 4.78 is 6.19. The highest BCUT2D eigenvalue weighted by atomic mass is 35.5. The number of carbonyl (C=O) groups excluding carboxylic acids is 1. The van der Waals surface area contributed by atoms with Gasteiger partial charge in [0.1, 0.15) is 0 Å². The molecule has 0 saturated carbocycles. The predicted molar refractivity (Wildman–Crippen MR) is 136 cm³/mol. The van der Waals surface area contributed by atoms with Gasteiger partial charge in [0.2, 0.25) is 0 Å². The maximum atomic E-state index is 11.2. The molecule has 1 aliphatic rings. The molecule has 0 saturated heterocycles. The zero-order chi connectivity index (χ0) is 25.5. The summed E-state index contributed by atoms with van der Waals surface area (Å²) in [6, 6.07) is 12.2. The number of esters is 1. The summed E-state index contributed by atoms with van der Waals surface area (Å²) in [5.74, 6) is -1.31. The minimum atomic E-state index is -0.852. The van der Waals surface area contributed by atoms with Gasteiger partial charge in [-0.1, -0.05) is 58.5 Å². The van der Waals surface area contributed by atoms with Gasteiger partial charge in [-0.3, -0.25) is 4.68 Å². The molecule has 0 bridgehead atoms. The molecule has 2 heterocycles. The first kappa shape index (κ1) is 26.9. The Labute approximate surface area is 222 Å². The van der Waals surface area contributed by atoms with Crippen molar-refractivity contribution < 1.29 is 19.4 Å². The van der Waals surface area contributed by atoms with E-state index in [9.17, 15) is 9.59 Å². The van der Waals surface area contributed by atoms with Gasteiger partial charge in [-0.15, -0.1) is 0 Å².